The summed E-state index contributed by atoms with van der Waals surface area (Å²) in [7, 11) is 0. The predicted molar refractivity (Wildman–Crippen MR) is 126 cm³/mol. The Morgan fingerprint density at radius 3 is 2.41 bits per heavy atom. The van der Waals surface area contributed by atoms with Crippen LogP contribution < -0.4 is 4.90 Å². The van der Waals surface area contributed by atoms with Crippen LogP contribution in [0.4, 0.5) is 31.3 Å². The molecule has 218 valence electrons. The molecule has 13 nitrogen and oxygen atoms in total. The van der Waals surface area contributed by atoms with Crippen molar-refractivity contribution in [3.63, 3.8) is 0 Å². The fourth-order valence-corrected chi connectivity index (χ4v) is 5.04. The summed E-state index contributed by atoms with van der Waals surface area (Å²) in [6.07, 6.45) is -6.87. The predicted octanol–water partition coefficient (Wildman–Crippen LogP) is 2.30. The topological polar surface area (TPSA) is 152 Å². The number of thiazole rings is 1. The van der Waals surface area contributed by atoms with E-state index in [2.05, 4.69) is 35.2 Å². The molecular formula is C21H18F6N10O3S. The lowest BCUT2D eigenvalue weighted by Gasteiger charge is -2.41. The second kappa shape index (κ2) is 10.7. The minimum absolute atomic E-state index is 0.0115. The van der Waals surface area contributed by atoms with Gasteiger partial charge in [0, 0.05) is 44.5 Å². The molecule has 1 atom stereocenters. The molecule has 0 aliphatic carbocycles. The molecule has 1 aliphatic rings. The van der Waals surface area contributed by atoms with Gasteiger partial charge in [0.15, 0.2) is 0 Å². The molecule has 1 amide bonds. The van der Waals surface area contributed by atoms with Gasteiger partial charge in [-0.3, -0.25) is 4.79 Å². The second-order valence-electron chi connectivity index (χ2n) is 8.74. The minimum atomic E-state index is -4.84. The minimum Gasteiger partial charge on any atom is -0.394 e. The number of aliphatic hydroxyl groups is 1. The van der Waals surface area contributed by atoms with E-state index in [9.17, 15) is 36.2 Å². The van der Waals surface area contributed by atoms with Crippen LogP contribution in [0, 0.1) is 6.92 Å². The Labute approximate surface area is 229 Å². The molecule has 0 spiro atoms. The zero-order valence-corrected chi connectivity index (χ0v) is 21.6. The van der Waals surface area contributed by atoms with E-state index in [-0.39, 0.29) is 65.4 Å². The van der Waals surface area contributed by atoms with Crippen molar-refractivity contribution in [2.45, 2.75) is 31.9 Å². The summed E-state index contributed by atoms with van der Waals surface area (Å²) in [5.41, 5.74) is -0.419. The van der Waals surface area contributed by atoms with E-state index in [4.69, 9.17) is 4.52 Å². The number of halogens is 6. The maximum absolute atomic E-state index is 13.5. The SMILES string of the molecule is Cc1nc(-c2ncn(CC(=O)N3CCN(c4sc(C(F)(F)F)nc4-c4cnc(C(F)(F)F)nc4)C[C@@H]3CO)n2)no1. The van der Waals surface area contributed by atoms with E-state index in [1.165, 1.54) is 20.8 Å². The Bertz CT molecular complexity index is 1530. The molecule has 1 N–H and O–H groups in total. The Morgan fingerprint density at radius 2 is 1.80 bits per heavy atom. The van der Waals surface area contributed by atoms with E-state index < -0.39 is 41.7 Å². The molecule has 4 aromatic rings. The number of rotatable bonds is 6. The van der Waals surface area contributed by atoms with Crippen LogP contribution in [-0.4, -0.2) is 88.1 Å². The van der Waals surface area contributed by atoms with Crippen molar-refractivity contribution in [2.24, 2.45) is 0 Å². The molecule has 5 heterocycles. The van der Waals surface area contributed by atoms with E-state index in [1.807, 2.05) is 0 Å². The number of hydrogen-bond donors (Lipinski definition) is 1. The molecule has 1 fully saturated rings. The van der Waals surface area contributed by atoms with Crippen LogP contribution in [0.3, 0.4) is 0 Å². The van der Waals surface area contributed by atoms with E-state index in [1.54, 1.807) is 6.92 Å². The molecular weight excluding hydrogens is 586 g/mol. The first kappa shape index (κ1) is 28.3. The van der Waals surface area contributed by atoms with Crippen LogP contribution in [0.5, 0.6) is 0 Å². The fraction of sp³-hybridized carbons (Fsp3) is 0.429. The smallest absolute Gasteiger partial charge is 0.394 e. The van der Waals surface area contributed by atoms with Gasteiger partial charge in [0.1, 0.15) is 23.6 Å². The van der Waals surface area contributed by atoms with Gasteiger partial charge in [-0.1, -0.05) is 16.5 Å². The van der Waals surface area contributed by atoms with Gasteiger partial charge in [0.2, 0.25) is 34.3 Å². The molecule has 20 heteroatoms. The lowest BCUT2D eigenvalue weighted by molar-refractivity contribution is -0.145. The van der Waals surface area contributed by atoms with Crippen molar-refractivity contribution in [1.82, 2.24) is 44.8 Å². The van der Waals surface area contributed by atoms with Gasteiger partial charge >= 0.3 is 12.4 Å². The van der Waals surface area contributed by atoms with E-state index >= 15 is 0 Å². The summed E-state index contributed by atoms with van der Waals surface area (Å²) in [6, 6.07) is -0.827. The third-order valence-electron chi connectivity index (χ3n) is 5.89. The molecule has 1 saturated heterocycles. The quantitative estimate of drug-likeness (QED) is 0.323. The van der Waals surface area contributed by atoms with Crippen molar-refractivity contribution in [3.05, 3.63) is 35.4 Å². The molecule has 0 saturated carbocycles. The van der Waals surface area contributed by atoms with Crippen molar-refractivity contribution in [1.29, 1.82) is 0 Å². The highest BCUT2D eigenvalue weighted by atomic mass is 32.1. The van der Waals surface area contributed by atoms with E-state index in [0.717, 1.165) is 12.4 Å². The summed E-state index contributed by atoms with van der Waals surface area (Å²) >= 11 is 0.290. The fourth-order valence-electron chi connectivity index (χ4n) is 4.05. The highest BCUT2D eigenvalue weighted by molar-refractivity contribution is 7.16. The van der Waals surface area contributed by atoms with Crippen LogP contribution in [0.2, 0.25) is 0 Å². The maximum atomic E-state index is 13.5. The summed E-state index contributed by atoms with van der Waals surface area (Å²) in [5.74, 6) is -1.33. The highest BCUT2D eigenvalue weighted by Gasteiger charge is 2.40. The van der Waals surface area contributed by atoms with Crippen LogP contribution in [0.15, 0.2) is 23.2 Å². The molecule has 4 aromatic heterocycles. The zero-order valence-electron chi connectivity index (χ0n) is 20.8. The maximum Gasteiger partial charge on any atom is 0.451 e. The number of carbonyl (C=O) groups is 1. The number of aryl methyl sites for hydroxylation is 1. The number of alkyl halides is 6. The highest BCUT2D eigenvalue weighted by Crippen LogP contribution is 2.43. The molecule has 0 unspecified atom stereocenters. The first-order chi connectivity index (χ1) is 19.3. The number of nitrogens with zero attached hydrogens (tertiary/aromatic N) is 10. The average molecular weight is 604 g/mol. The number of anilines is 1. The van der Waals surface area contributed by atoms with Gasteiger partial charge in [-0.25, -0.2) is 24.6 Å². The second-order valence-corrected chi connectivity index (χ2v) is 9.71. The molecule has 0 bridgehead atoms. The Morgan fingerprint density at radius 1 is 1.07 bits per heavy atom. The summed E-state index contributed by atoms with van der Waals surface area (Å²) < 4.78 is 85.4. The lowest BCUT2D eigenvalue weighted by atomic mass is 10.1. The monoisotopic (exact) mass is 604 g/mol. The van der Waals surface area contributed by atoms with Gasteiger partial charge in [-0.2, -0.15) is 31.3 Å². The zero-order chi connectivity index (χ0) is 29.5. The average Bonchev–Trinajstić information content (AvgIpc) is 3.67. The van der Waals surface area contributed by atoms with Gasteiger partial charge in [0.25, 0.3) is 0 Å². The molecule has 0 radical (unpaired) electrons. The molecule has 0 aromatic carbocycles. The Hall–Kier alpha value is -4.20. The first-order valence-corrected chi connectivity index (χ1v) is 12.5. The number of piperazine rings is 1. The molecule has 41 heavy (non-hydrogen) atoms. The summed E-state index contributed by atoms with van der Waals surface area (Å²) in [6.45, 7) is 0.784. The van der Waals surface area contributed by atoms with Gasteiger partial charge in [-0.15, -0.1) is 5.10 Å². The van der Waals surface area contributed by atoms with Crippen molar-refractivity contribution in [2.75, 3.05) is 31.1 Å². The number of amides is 1. The number of aliphatic hydroxyl groups excluding tert-OH is 1. The lowest BCUT2D eigenvalue weighted by Crippen LogP contribution is -2.57. The Kier molecular flexibility index (Phi) is 7.36. The normalized spacial score (nSPS) is 16.4. The largest absolute Gasteiger partial charge is 0.451 e. The third-order valence-corrected chi connectivity index (χ3v) is 7.05. The standard InChI is InChI=1S/C21H18F6N10O3S/c1-10-31-16(34-40-10)15-30-9-36(33-15)7-13(39)37-3-2-35(6-12(37)8-38)17-14(32-19(41-17)21(25,26)27)11-4-28-18(29-5-11)20(22,23)24/h4-5,9,12,38H,2-3,6-8H2,1H3/t12-/m1/s1. The summed E-state index contributed by atoms with van der Waals surface area (Å²) in [5, 5.41) is 16.6. The van der Waals surface area contributed by atoms with Crippen LogP contribution in [0.1, 0.15) is 16.7 Å². The number of hydrogen-bond acceptors (Lipinski definition) is 12. The number of carbonyl (C=O) groups excluding carboxylic acids is 1. The Balaban J connectivity index is 1.35. The first-order valence-electron chi connectivity index (χ1n) is 11.7. The van der Waals surface area contributed by atoms with Crippen LogP contribution in [0.25, 0.3) is 22.9 Å². The van der Waals surface area contributed by atoms with Crippen molar-refractivity contribution < 1.29 is 40.8 Å². The third kappa shape index (κ3) is 5.97. The van der Waals surface area contributed by atoms with Crippen molar-refractivity contribution in [3.8, 4) is 22.9 Å². The van der Waals surface area contributed by atoms with Gasteiger partial charge in [-0.05, 0) is 0 Å². The van der Waals surface area contributed by atoms with E-state index in [0.29, 0.717) is 5.89 Å². The van der Waals surface area contributed by atoms with Crippen LogP contribution in [-0.2, 0) is 23.7 Å². The molecule has 5 rings (SSSR count). The van der Waals surface area contributed by atoms with Gasteiger partial charge in [0.05, 0.1) is 12.6 Å². The summed E-state index contributed by atoms with van der Waals surface area (Å²) in [4.78, 5) is 34.0. The number of aromatic nitrogens is 8. The van der Waals surface area contributed by atoms with Crippen LogP contribution >= 0.6 is 11.3 Å². The molecule has 1 aliphatic heterocycles. The van der Waals surface area contributed by atoms with Gasteiger partial charge < -0.3 is 19.4 Å². The van der Waals surface area contributed by atoms with Crippen molar-refractivity contribution >= 4 is 22.2 Å².